The van der Waals surface area contributed by atoms with Crippen LogP contribution in [0.5, 0.6) is 0 Å². The molecule has 0 saturated heterocycles. The molecule has 1 unspecified atom stereocenters. The minimum absolute atomic E-state index is 0.109. The predicted molar refractivity (Wildman–Crippen MR) is 72.8 cm³/mol. The molecule has 2 N–H and O–H groups in total. The van der Waals surface area contributed by atoms with E-state index in [0.717, 1.165) is 6.26 Å². The summed E-state index contributed by atoms with van der Waals surface area (Å²) in [7, 11) is -3.13. The van der Waals surface area contributed by atoms with Crippen molar-refractivity contribution in [3.8, 4) is 0 Å². The highest BCUT2D eigenvalue weighted by Crippen LogP contribution is 2.01. The second-order valence-electron chi connectivity index (χ2n) is 4.28. The SMILES string of the molecule is CCNc1cnc(C(=O)NC(C)CS(C)(=O)=O)cn1. The monoisotopic (exact) mass is 286 g/mol. The van der Waals surface area contributed by atoms with E-state index in [4.69, 9.17) is 0 Å². The number of nitrogens with one attached hydrogen (secondary N) is 2. The molecule has 1 atom stereocenters. The van der Waals surface area contributed by atoms with E-state index in [9.17, 15) is 13.2 Å². The average Bonchev–Trinajstić information content (AvgIpc) is 2.27. The van der Waals surface area contributed by atoms with Gasteiger partial charge >= 0.3 is 0 Å². The van der Waals surface area contributed by atoms with Gasteiger partial charge in [-0.2, -0.15) is 0 Å². The van der Waals surface area contributed by atoms with Crippen LogP contribution >= 0.6 is 0 Å². The molecule has 1 aromatic rings. The van der Waals surface area contributed by atoms with E-state index in [2.05, 4.69) is 20.6 Å². The number of aromatic nitrogens is 2. The number of rotatable bonds is 6. The summed E-state index contributed by atoms with van der Waals surface area (Å²) in [6.45, 7) is 4.26. The average molecular weight is 286 g/mol. The van der Waals surface area contributed by atoms with Gasteiger partial charge in [0.2, 0.25) is 0 Å². The summed E-state index contributed by atoms with van der Waals surface area (Å²) in [4.78, 5) is 19.8. The van der Waals surface area contributed by atoms with Gasteiger partial charge in [-0.05, 0) is 13.8 Å². The van der Waals surface area contributed by atoms with Crippen LogP contribution in [0.15, 0.2) is 12.4 Å². The molecule has 1 rings (SSSR count). The van der Waals surface area contributed by atoms with Crippen molar-refractivity contribution in [3.05, 3.63) is 18.1 Å². The first-order valence-electron chi connectivity index (χ1n) is 5.86. The first-order chi connectivity index (χ1) is 8.81. The molecule has 0 aliphatic rings. The van der Waals surface area contributed by atoms with Crippen molar-refractivity contribution in [2.75, 3.05) is 23.9 Å². The number of carbonyl (C=O) groups is 1. The van der Waals surface area contributed by atoms with Crippen LogP contribution in [0.1, 0.15) is 24.3 Å². The van der Waals surface area contributed by atoms with E-state index < -0.39 is 21.8 Å². The molecule has 0 fully saturated rings. The molecule has 1 amide bonds. The standard InChI is InChI=1S/C11H18N4O3S/c1-4-12-10-6-13-9(5-14-10)11(16)15-8(2)7-19(3,17)18/h5-6,8H,4,7H2,1-3H3,(H,12,14)(H,15,16). The fourth-order valence-electron chi connectivity index (χ4n) is 1.51. The molecule has 0 spiro atoms. The molecule has 0 saturated carbocycles. The Hall–Kier alpha value is -1.70. The third-order valence-electron chi connectivity index (χ3n) is 2.17. The molecule has 1 heterocycles. The number of anilines is 1. The Morgan fingerprint density at radius 1 is 1.37 bits per heavy atom. The summed E-state index contributed by atoms with van der Waals surface area (Å²) in [5.74, 6) is 0.0386. The molecule has 106 valence electrons. The van der Waals surface area contributed by atoms with Crippen molar-refractivity contribution in [1.29, 1.82) is 0 Å². The van der Waals surface area contributed by atoms with Crippen LogP contribution in [-0.2, 0) is 9.84 Å². The summed E-state index contributed by atoms with van der Waals surface area (Å²) < 4.78 is 22.2. The van der Waals surface area contributed by atoms with Gasteiger partial charge in [0.05, 0.1) is 18.1 Å². The molecule has 0 aliphatic heterocycles. The predicted octanol–water partition coefficient (Wildman–Crippen LogP) is 0.0713. The Labute approximate surface area is 112 Å². The van der Waals surface area contributed by atoms with Crippen LogP contribution in [0.2, 0.25) is 0 Å². The van der Waals surface area contributed by atoms with Crippen molar-refractivity contribution in [2.24, 2.45) is 0 Å². The van der Waals surface area contributed by atoms with Crippen molar-refractivity contribution in [3.63, 3.8) is 0 Å². The fourth-order valence-corrected chi connectivity index (χ4v) is 2.50. The van der Waals surface area contributed by atoms with Crippen LogP contribution < -0.4 is 10.6 Å². The van der Waals surface area contributed by atoms with Gasteiger partial charge in [-0.15, -0.1) is 0 Å². The molecular weight excluding hydrogens is 268 g/mol. The zero-order valence-electron chi connectivity index (χ0n) is 11.2. The van der Waals surface area contributed by atoms with Crippen LogP contribution in [0.25, 0.3) is 0 Å². The number of amides is 1. The van der Waals surface area contributed by atoms with E-state index in [0.29, 0.717) is 12.4 Å². The maximum atomic E-state index is 11.8. The Kier molecular flexibility index (Phi) is 5.22. The normalized spacial score (nSPS) is 12.8. The van der Waals surface area contributed by atoms with Crippen LogP contribution in [0.4, 0.5) is 5.82 Å². The molecule has 19 heavy (non-hydrogen) atoms. The third kappa shape index (κ3) is 5.64. The topological polar surface area (TPSA) is 101 Å². The zero-order valence-corrected chi connectivity index (χ0v) is 12.0. The van der Waals surface area contributed by atoms with Gasteiger partial charge in [-0.25, -0.2) is 18.4 Å². The first-order valence-corrected chi connectivity index (χ1v) is 7.92. The van der Waals surface area contributed by atoms with Gasteiger partial charge in [-0.1, -0.05) is 0 Å². The molecule has 0 aromatic carbocycles. The summed E-state index contributed by atoms with van der Waals surface area (Å²) >= 11 is 0. The Balaban J connectivity index is 2.63. The lowest BCUT2D eigenvalue weighted by molar-refractivity contribution is 0.0938. The Morgan fingerprint density at radius 3 is 2.53 bits per heavy atom. The molecule has 0 bridgehead atoms. The number of nitrogens with zero attached hydrogens (tertiary/aromatic N) is 2. The fraction of sp³-hybridized carbons (Fsp3) is 0.545. The van der Waals surface area contributed by atoms with Gasteiger partial charge in [0.15, 0.2) is 0 Å². The lowest BCUT2D eigenvalue weighted by Gasteiger charge is -2.12. The first kappa shape index (κ1) is 15.4. The lowest BCUT2D eigenvalue weighted by Crippen LogP contribution is -2.37. The number of hydrogen-bond acceptors (Lipinski definition) is 6. The van der Waals surface area contributed by atoms with Crippen molar-refractivity contribution in [1.82, 2.24) is 15.3 Å². The van der Waals surface area contributed by atoms with Crippen molar-refractivity contribution in [2.45, 2.75) is 19.9 Å². The van der Waals surface area contributed by atoms with Crippen LogP contribution in [-0.4, -0.2) is 48.9 Å². The van der Waals surface area contributed by atoms with E-state index in [-0.39, 0.29) is 11.4 Å². The number of hydrogen-bond donors (Lipinski definition) is 2. The molecular formula is C11H18N4O3S. The minimum atomic E-state index is -3.13. The van der Waals surface area contributed by atoms with E-state index >= 15 is 0 Å². The quantitative estimate of drug-likeness (QED) is 0.767. The largest absolute Gasteiger partial charge is 0.369 e. The maximum absolute atomic E-state index is 11.8. The highest BCUT2D eigenvalue weighted by molar-refractivity contribution is 7.90. The molecule has 0 radical (unpaired) electrons. The van der Waals surface area contributed by atoms with E-state index in [1.54, 1.807) is 6.92 Å². The second kappa shape index (κ2) is 6.46. The minimum Gasteiger partial charge on any atom is -0.369 e. The molecule has 0 aliphatic carbocycles. The highest BCUT2D eigenvalue weighted by Gasteiger charge is 2.15. The summed E-state index contributed by atoms with van der Waals surface area (Å²) in [5.41, 5.74) is 0.155. The van der Waals surface area contributed by atoms with E-state index in [1.165, 1.54) is 12.4 Å². The highest BCUT2D eigenvalue weighted by atomic mass is 32.2. The molecule has 7 nitrogen and oxygen atoms in total. The maximum Gasteiger partial charge on any atom is 0.271 e. The second-order valence-corrected chi connectivity index (χ2v) is 6.47. The third-order valence-corrected chi connectivity index (χ3v) is 3.28. The van der Waals surface area contributed by atoms with Crippen LogP contribution in [0.3, 0.4) is 0 Å². The Bertz CT molecular complexity index is 527. The van der Waals surface area contributed by atoms with Gasteiger partial charge in [0, 0.05) is 18.8 Å². The van der Waals surface area contributed by atoms with Gasteiger partial charge in [0.1, 0.15) is 21.3 Å². The summed E-state index contributed by atoms with van der Waals surface area (Å²) in [5, 5.41) is 5.52. The van der Waals surface area contributed by atoms with E-state index in [1.807, 2.05) is 6.92 Å². The van der Waals surface area contributed by atoms with Gasteiger partial charge in [-0.3, -0.25) is 4.79 Å². The van der Waals surface area contributed by atoms with Gasteiger partial charge < -0.3 is 10.6 Å². The Morgan fingerprint density at radius 2 is 2.05 bits per heavy atom. The molecule has 8 heteroatoms. The number of sulfone groups is 1. The smallest absolute Gasteiger partial charge is 0.271 e. The summed E-state index contributed by atoms with van der Waals surface area (Å²) in [6, 6.07) is -0.474. The van der Waals surface area contributed by atoms with Crippen molar-refractivity contribution < 1.29 is 13.2 Å². The van der Waals surface area contributed by atoms with Gasteiger partial charge in [0.25, 0.3) is 5.91 Å². The lowest BCUT2D eigenvalue weighted by atomic mass is 10.3. The summed E-state index contributed by atoms with van der Waals surface area (Å²) in [6.07, 6.45) is 3.93. The van der Waals surface area contributed by atoms with Crippen LogP contribution in [0, 0.1) is 0 Å². The van der Waals surface area contributed by atoms with Crippen molar-refractivity contribution >= 4 is 21.6 Å². The zero-order chi connectivity index (χ0) is 14.5. The molecule has 1 aromatic heterocycles. The number of carbonyl (C=O) groups excluding carboxylic acids is 1.